The standard InChI is InChI=1S/C51H35NO2/c1-51(2)41-19-11-9-17-38(41)39-26-25-36(31-42(39)51)52(35-15-7-4-8-16-35)43-28-27-37(34-23-21-33(22-24-34)32-13-5-3-6-14-32)48-49-46(54-50(43)48)30-29-45-47(49)40-18-10-12-20-44(40)53-45/h3-31H,1-2H3. The van der Waals surface area contributed by atoms with Gasteiger partial charge < -0.3 is 13.7 Å². The number of hydrogen-bond acceptors (Lipinski definition) is 3. The Labute approximate surface area is 313 Å². The molecule has 54 heavy (non-hydrogen) atoms. The molecule has 256 valence electrons. The molecule has 0 radical (unpaired) electrons. The Balaban J connectivity index is 1.20. The molecular weight excluding hydrogens is 659 g/mol. The van der Waals surface area contributed by atoms with Crippen molar-refractivity contribution in [1.29, 1.82) is 0 Å². The van der Waals surface area contributed by atoms with Crippen molar-refractivity contribution in [2.45, 2.75) is 19.3 Å². The molecule has 2 heterocycles. The van der Waals surface area contributed by atoms with Gasteiger partial charge in [-0.1, -0.05) is 141 Å². The van der Waals surface area contributed by atoms with Gasteiger partial charge in [-0.15, -0.1) is 0 Å². The minimum atomic E-state index is -0.136. The molecule has 0 atom stereocenters. The number of hydrogen-bond donors (Lipinski definition) is 0. The number of furan rings is 2. The van der Waals surface area contributed by atoms with Crippen molar-refractivity contribution in [3.05, 3.63) is 187 Å². The van der Waals surface area contributed by atoms with Crippen molar-refractivity contribution < 1.29 is 8.83 Å². The Morgan fingerprint density at radius 3 is 1.85 bits per heavy atom. The molecule has 0 saturated heterocycles. The lowest BCUT2D eigenvalue weighted by atomic mass is 9.82. The highest BCUT2D eigenvalue weighted by Gasteiger charge is 2.36. The van der Waals surface area contributed by atoms with Crippen molar-refractivity contribution in [2.75, 3.05) is 4.90 Å². The van der Waals surface area contributed by atoms with E-state index in [9.17, 15) is 0 Å². The van der Waals surface area contributed by atoms with Crippen LogP contribution in [0.4, 0.5) is 17.1 Å². The number of anilines is 3. The Kier molecular flexibility index (Phi) is 6.60. The second-order valence-electron chi connectivity index (χ2n) is 14.9. The minimum Gasteiger partial charge on any atom is -0.456 e. The molecule has 10 aromatic rings. The van der Waals surface area contributed by atoms with Gasteiger partial charge in [0.05, 0.1) is 5.69 Å². The average molecular weight is 694 g/mol. The van der Waals surface area contributed by atoms with E-state index in [-0.39, 0.29) is 5.41 Å². The summed E-state index contributed by atoms with van der Waals surface area (Å²) < 4.78 is 13.5. The zero-order valence-electron chi connectivity index (χ0n) is 30.0. The Hall–Kier alpha value is -6.84. The molecule has 3 nitrogen and oxygen atoms in total. The maximum Gasteiger partial charge on any atom is 0.160 e. The van der Waals surface area contributed by atoms with Crippen LogP contribution in [0.25, 0.3) is 77.3 Å². The lowest BCUT2D eigenvalue weighted by Crippen LogP contribution is -2.16. The molecule has 8 aromatic carbocycles. The van der Waals surface area contributed by atoms with Gasteiger partial charge in [-0.3, -0.25) is 0 Å². The number of fused-ring (bicyclic) bond motifs is 10. The maximum atomic E-state index is 7.09. The molecule has 0 N–H and O–H groups in total. The molecule has 1 aliphatic rings. The summed E-state index contributed by atoms with van der Waals surface area (Å²) in [5.41, 5.74) is 16.3. The van der Waals surface area contributed by atoms with Crippen LogP contribution in [0.5, 0.6) is 0 Å². The molecule has 0 spiro atoms. The van der Waals surface area contributed by atoms with Crippen LogP contribution in [0, 0.1) is 0 Å². The van der Waals surface area contributed by atoms with Crippen LogP contribution in [0.3, 0.4) is 0 Å². The highest BCUT2D eigenvalue weighted by Crippen LogP contribution is 2.52. The third-order valence-electron chi connectivity index (χ3n) is 11.5. The quantitative estimate of drug-likeness (QED) is 0.180. The molecule has 1 aliphatic carbocycles. The van der Waals surface area contributed by atoms with Crippen LogP contribution in [0.2, 0.25) is 0 Å². The summed E-state index contributed by atoms with van der Waals surface area (Å²) in [7, 11) is 0. The van der Waals surface area contributed by atoms with Gasteiger partial charge in [-0.05, 0) is 93.0 Å². The Morgan fingerprint density at radius 2 is 1.04 bits per heavy atom. The fourth-order valence-corrected chi connectivity index (χ4v) is 8.89. The molecule has 0 fully saturated rings. The maximum absolute atomic E-state index is 7.09. The van der Waals surface area contributed by atoms with Gasteiger partial charge in [0.2, 0.25) is 0 Å². The predicted molar refractivity (Wildman–Crippen MR) is 224 cm³/mol. The van der Waals surface area contributed by atoms with Crippen LogP contribution in [0.15, 0.2) is 185 Å². The Morgan fingerprint density at radius 1 is 0.407 bits per heavy atom. The molecule has 0 unspecified atom stereocenters. The van der Waals surface area contributed by atoms with E-state index in [1.54, 1.807) is 0 Å². The highest BCUT2D eigenvalue weighted by atomic mass is 16.3. The smallest absolute Gasteiger partial charge is 0.160 e. The number of para-hydroxylation sites is 2. The van der Waals surface area contributed by atoms with E-state index in [4.69, 9.17) is 8.83 Å². The molecule has 2 aromatic heterocycles. The minimum absolute atomic E-state index is 0.136. The van der Waals surface area contributed by atoms with Crippen LogP contribution < -0.4 is 4.90 Å². The van der Waals surface area contributed by atoms with Crippen molar-refractivity contribution in [1.82, 2.24) is 0 Å². The van der Waals surface area contributed by atoms with E-state index in [0.717, 1.165) is 72.1 Å². The monoisotopic (exact) mass is 693 g/mol. The second kappa shape index (κ2) is 11.6. The summed E-state index contributed by atoms with van der Waals surface area (Å²) in [4.78, 5) is 2.36. The largest absolute Gasteiger partial charge is 0.456 e. The SMILES string of the molecule is CC1(C)c2ccccc2-c2ccc(N(c3ccccc3)c3ccc(-c4ccc(-c5ccccc5)cc4)c4c3oc3ccc5oc6ccccc6c5c34)cc21. The predicted octanol–water partition coefficient (Wildman–Crippen LogP) is 14.6. The molecule has 11 rings (SSSR count). The summed E-state index contributed by atoms with van der Waals surface area (Å²) in [6, 6.07) is 62.8. The third-order valence-corrected chi connectivity index (χ3v) is 11.5. The van der Waals surface area contributed by atoms with Crippen molar-refractivity contribution >= 4 is 60.9 Å². The summed E-state index contributed by atoms with van der Waals surface area (Å²) >= 11 is 0. The summed E-state index contributed by atoms with van der Waals surface area (Å²) in [5.74, 6) is 0. The average Bonchev–Trinajstić information content (AvgIpc) is 3.87. The van der Waals surface area contributed by atoms with Gasteiger partial charge in [0.15, 0.2) is 5.58 Å². The van der Waals surface area contributed by atoms with Gasteiger partial charge >= 0.3 is 0 Å². The van der Waals surface area contributed by atoms with Crippen LogP contribution in [0.1, 0.15) is 25.0 Å². The number of rotatable bonds is 5. The first-order valence-electron chi connectivity index (χ1n) is 18.6. The van der Waals surface area contributed by atoms with Gasteiger partial charge in [0, 0.05) is 38.3 Å². The van der Waals surface area contributed by atoms with E-state index in [2.05, 4.69) is 176 Å². The first-order chi connectivity index (χ1) is 26.5. The van der Waals surface area contributed by atoms with Gasteiger partial charge in [0.25, 0.3) is 0 Å². The Bertz CT molecular complexity index is 3060. The first-order valence-corrected chi connectivity index (χ1v) is 18.6. The van der Waals surface area contributed by atoms with E-state index < -0.39 is 0 Å². The van der Waals surface area contributed by atoms with E-state index in [0.29, 0.717) is 0 Å². The van der Waals surface area contributed by atoms with E-state index >= 15 is 0 Å². The van der Waals surface area contributed by atoms with Crippen molar-refractivity contribution in [3.8, 4) is 33.4 Å². The molecule has 0 saturated carbocycles. The first kappa shape index (κ1) is 30.8. The van der Waals surface area contributed by atoms with E-state index in [1.165, 1.54) is 33.4 Å². The van der Waals surface area contributed by atoms with Crippen LogP contribution in [-0.4, -0.2) is 0 Å². The summed E-state index contributed by atoms with van der Waals surface area (Å²) in [5, 5.41) is 4.29. The summed E-state index contributed by atoms with van der Waals surface area (Å²) in [6.07, 6.45) is 0. The third kappa shape index (κ3) is 4.48. The van der Waals surface area contributed by atoms with Gasteiger partial charge in [0.1, 0.15) is 16.7 Å². The lowest BCUT2D eigenvalue weighted by Gasteiger charge is -2.28. The van der Waals surface area contributed by atoms with Crippen LogP contribution in [-0.2, 0) is 5.41 Å². The summed E-state index contributed by atoms with van der Waals surface area (Å²) in [6.45, 7) is 4.67. The highest BCUT2D eigenvalue weighted by molar-refractivity contribution is 6.29. The van der Waals surface area contributed by atoms with Gasteiger partial charge in [-0.25, -0.2) is 0 Å². The fourth-order valence-electron chi connectivity index (χ4n) is 8.89. The lowest BCUT2D eigenvalue weighted by molar-refractivity contribution is 0.660. The van der Waals surface area contributed by atoms with Crippen LogP contribution >= 0.6 is 0 Å². The fraction of sp³-hybridized carbons (Fsp3) is 0.0588. The molecule has 0 aliphatic heterocycles. The topological polar surface area (TPSA) is 29.5 Å². The molecule has 0 bridgehead atoms. The zero-order chi connectivity index (χ0) is 36.0. The van der Waals surface area contributed by atoms with Gasteiger partial charge in [-0.2, -0.15) is 0 Å². The second-order valence-corrected chi connectivity index (χ2v) is 14.9. The molecule has 3 heteroatoms. The van der Waals surface area contributed by atoms with Crippen molar-refractivity contribution in [3.63, 3.8) is 0 Å². The molecule has 0 amide bonds. The number of benzene rings is 8. The van der Waals surface area contributed by atoms with Crippen molar-refractivity contribution in [2.24, 2.45) is 0 Å². The molecular formula is C51H35NO2. The normalized spacial score (nSPS) is 13.1. The number of nitrogens with zero attached hydrogens (tertiary/aromatic N) is 1. The van der Waals surface area contributed by atoms with E-state index in [1.807, 2.05) is 18.2 Å². The zero-order valence-corrected chi connectivity index (χ0v) is 30.0.